The van der Waals surface area contributed by atoms with Crippen molar-refractivity contribution < 1.29 is 9.47 Å². The largest absolute Gasteiger partial charge is 0.343 e. The van der Waals surface area contributed by atoms with E-state index in [0.29, 0.717) is 25.5 Å². The third-order valence-corrected chi connectivity index (χ3v) is 2.58. The summed E-state index contributed by atoms with van der Waals surface area (Å²) in [7, 11) is 0. The normalized spacial score (nSPS) is 19.8. The minimum atomic E-state index is -0.594. The summed E-state index contributed by atoms with van der Waals surface area (Å²) in [6, 6.07) is 9.97. The number of halogens is 1. The summed E-state index contributed by atoms with van der Waals surface area (Å²) >= 11 is 5.76. The first kappa shape index (κ1) is 9.97. The van der Waals surface area contributed by atoms with Crippen LogP contribution in [-0.4, -0.2) is 19.1 Å². The molecule has 0 atom stereocenters. The third kappa shape index (κ3) is 1.78. The van der Waals surface area contributed by atoms with Gasteiger partial charge in [-0.05, 0) is 0 Å². The molecule has 0 radical (unpaired) electrons. The Kier molecular flexibility index (Phi) is 3.06. The predicted octanol–water partition coefficient (Wildman–Crippen LogP) is 2.52. The van der Waals surface area contributed by atoms with E-state index in [1.54, 1.807) is 0 Å². The Morgan fingerprint density at radius 3 is 2.36 bits per heavy atom. The van der Waals surface area contributed by atoms with Crippen LogP contribution in [0.15, 0.2) is 30.3 Å². The highest BCUT2D eigenvalue weighted by Gasteiger charge is 2.37. The second-order valence-electron chi connectivity index (χ2n) is 3.25. The first-order valence-electron chi connectivity index (χ1n) is 4.77. The summed E-state index contributed by atoms with van der Waals surface area (Å²) < 4.78 is 11.3. The molecule has 76 valence electrons. The zero-order chi connectivity index (χ0) is 9.86. The maximum absolute atomic E-state index is 5.76. The van der Waals surface area contributed by atoms with Gasteiger partial charge in [-0.3, -0.25) is 0 Å². The Hall–Kier alpha value is -0.570. The summed E-state index contributed by atoms with van der Waals surface area (Å²) in [6.07, 6.45) is 0.693. The molecule has 0 amide bonds. The van der Waals surface area contributed by atoms with E-state index in [0.717, 1.165) is 5.56 Å². The van der Waals surface area contributed by atoms with Crippen molar-refractivity contribution in [3.8, 4) is 0 Å². The average molecular weight is 213 g/mol. The Bertz CT molecular complexity index is 281. The summed E-state index contributed by atoms with van der Waals surface area (Å²) in [5, 5.41) is 0. The van der Waals surface area contributed by atoms with Gasteiger partial charge in [0.05, 0.1) is 13.2 Å². The number of alkyl halides is 1. The van der Waals surface area contributed by atoms with Crippen LogP contribution in [-0.2, 0) is 15.3 Å². The van der Waals surface area contributed by atoms with Gasteiger partial charge in [-0.25, -0.2) is 0 Å². The van der Waals surface area contributed by atoms with Gasteiger partial charge in [0, 0.05) is 17.9 Å². The van der Waals surface area contributed by atoms with Crippen molar-refractivity contribution in [1.82, 2.24) is 0 Å². The van der Waals surface area contributed by atoms with Crippen LogP contribution in [0.4, 0.5) is 0 Å². The minimum absolute atomic E-state index is 0.537. The number of benzene rings is 1. The number of rotatable bonds is 3. The molecule has 1 aromatic carbocycles. The highest BCUT2D eigenvalue weighted by Crippen LogP contribution is 2.34. The molecule has 0 aliphatic carbocycles. The van der Waals surface area contributed by atoms with Crippen LogP contribution in [0.5, 0.6) is 0 Å². The SMILES string of the molecule is ClCCC1(c2ccccc2)OCCO1. The lowest BCUT2D eigenvalue weighted by Gasteiger charge is -2.26. The fraction of sp³-hybridized carbons (Fsp3) is 0.455. The van der Waals surface area contributed by atoms with Crippen LogP contribution >= 0.6 is 11.6 Å². The second kappa shape index (κ2) is 4.30. The van der Waals surface area contributed by atoms with Crippen LogP contribution in [0, 0.1) is 0 Å². The average Bonchev–Trinajstić information content (AvgIpc) is 2.70. The van der Waals surface area contributed by atoms with Gasteiger partial charge in [0.25, 0.3) is 0 Å². The van der Waals surface area contributed by atoms with E-state index in [9.17, 15) is 0 Å². The van der Waals surface area contributed by atoms with E-state index >= 15 is 0 Å². The van der Waals surface area contributed by atoms with Gasteiger partial charge >= 0.3 is 0 Å². The van der Waals surface area contributed by atoms with Crippen LogP contribution in [0.25, 0.3) is 0 Å². The molecule has 2 rings (SSSR count). The molecule has 1 aliphatic heterocycles. The lowest BCUT2D eigenvalue weighted by Crippen LogP contribution is -2.27. The van der Waals surface area contributed by atoms with Crippen molar-refractivity contribution >= 4 is 11.6 Å². The fourth-order valence-electron chi connectivity index (χ4n) is 1.73. The maximum atomic E-state index is 5.76. The lowest BCUT2D eigenvalue weighted by molar-refractivity contribution is -0.166. The van der Waals surface area contributed by atoms with E-state index in [4.69, 9.17) is 21.1 Å². The molecule has 1 saturated heterocycles. The molecular formula is C11H13ClO2. The highest BCUT2D eigenvalue weighted by molar-refractivity contribution is 6.17. The molecule has 2 nitrogen and oxygen atoms in total. The lowest BCUT2D eigenvalue weighted by atomic mass is 10.0. The van der Waals surface area contributed by atoms with Gasteiger partial charge < -0.3 is 9.47 Å². The minimum Gasteiger partial charge on any atom is -0.343 e. The van der Waals surface area contributed by atoms with Crippen molar-refractivity contribution in [2.45, 2.75) is 12.2 Å². The van der Waals surface area contributed by atoms with Crippen LogP contribution in [0.2, 0.25) is 0 Å². The standard InChI is InChI=1S/C11H13ClO2/c12-7-6-11(13-8-9-14-11)10-4-2-1-3-5-10/h1-5H,6-9H2. The highest BCUT2D eigenvalue weighted by atomic mass is 35.5. The molecule has 1 aliphatic rings. The first-order chi connectivity index (χ1) is 6.87. The number of ether oxygens (including phenoxy) is 2. The van der Waals surface area contributed by atoms with Gasteiger partial charge in [-0.2, -0.15) is 0 Å². The molecule has 0 unspecified atom stereocenters. The molecule has 0 aromatic heterocycles. The molecule has 0 bridgehead atoms. The predicted molar refractivity (Wildman–Crippen MR) is 55.4 cm³/mol. The monoisotopic (exact) mass is 212 g/mol. The van der Waals surface area contributed by atoms with E-state index in [-0.39, 0.29) is 0 Å². The summed E-state index contributed by atoms with van der Waals surface area (Å²) in [5.41, 5.74) is 1.05. The Balaban J connectivity index is 2.27. The molecule has 1 heterocycles. The first-order valence-corrected chi connectivity index (χ1v) is 5.30. The molecule has 0 saturated carbocycles. The zero-order valence-corrected chi connectivity index (χ0v) is 8.67. The Morgan fingerprint density at radius 1 is 1.14 bits per heavy atom. The van der Waals surface area contributed by atoms with Gasteiger partial charge in [0.15, 0.2) is 5.79 Å². The topological polar surface area (TPSA) is 18.5 Å². The summed E-state index contributed by atoms with van der Waals surface area (Å²) in [5.74, 6) is -0.0576. The van der Waals surface area contributed by atoms with Gasteiger partial charge in [-0.1, -0.05) is 30.3 Å². The second-order valence-corrected chi connectivity index (χ2v) is 3.63. The molecule has 1 aromatic rings. The van der Waals surface area contributed by atoms with Crippen LogP contribution in [0.1, 0.15) is 12.0 Å². The van der Waals surface area contributed by atoms with E-state index in [1.165, 1.54) is 0 Å². The molecule has 0 spiro atoms. The zero-order valence-electron chi connectivity index (χ0n) is 7.91. The Labute approximate surface area is 88.8 Å². The van der Waals surface area contributed by atoms with Crippen molar-refractivity contribution in [1.29, 1.82) is 0 Å². The Morgan fingerprint density at radius 2 is 1.79 bits per heavy atom. The smallest absolute Gasteiger partial charge is 0.196 e. The van der Waals surface area contributed by atoms with Gasteiger partial charge in [0.1, 0.15) is 0 Å². The summed E-state index contributed by atoms with van der Waals surface area (Å²) in [4.78, 5) is 0. The van der Waals surface area contributed by atoms with Crippen LogP contribution < -0.4 is 0 Å². The van der Waals surface area contributed by atoms with Crippen molar-refractivity contribution in [2.75, 3.05) is 19.1 Å². The van der Waals surface area contributed by atoms with Crippen LogP contribution in [0.3, 0.4) is 0 Å². The van der Waals surface area contributed by atoms with Crippen molar-refractivity contribution in [3.63, 3.8) is 0 Å². The van der Waals surface area contributed by atoms with Gasteiger partial charge in [0.2, 0.25) is 0 Å². The fourth-order valence-corrected chi connectivity index (χ4v) is 1.98. The van der Waals surface area contributed by atoms with Gasteiger partial charge in [-0.15, -0.1) is 11.6 Å². The third-order valence-electron chi connectivity index (χ3n) is 2.39. The number of hydrogen-bond acceptors (Lipinski definition) is 2. The van der Waals surface area contributed by atoms with E-state index in [1.807, 2.05) is 30.3 Å². The van der Waals surface area contributed by atoms with Crippen molar-refractivity contribution in [3.05, 3.63) is 35.9 Å². The van der Waals surface area contributed by atoms with Crippen molar-refractivity contribution in [2.24, 2.45) is 0 Å². The maximum Gasteiger partial charge on any atom is 0.196 e. The number of hydrogen-bond donors (Lipinski definition) is 0. The molecule has 0 N–H and O–H groups in total. The summed E-state index contributed by atoms with van der Waals surface area (Å²) in [6.45, 7) is 1.29. The molecule has 3 heteroatoms. The van der Waals surface area contributed by atoms with E-state index < -0.39 is 5.79 Å². The molecule has 14 heavy (non-hydrogen) atoms. The quantitative estimate of drug-likeness (QED) is 0.717. The van der Waals surface area contributed by atoms with E-state index in [2.05, 4.69) is 0 Å². The molecule has 1 fully saturated rings. The molecular weight excluding hydrogens is 200 g/mol.